The summed E-state index contributed by atoms with van der Waals surface area (Å²) >= 11 is 5.97. The van der Waals surface area contributed by atoms with Crippen molar-refractivity contribution < 1.29 is 8.78 Å². The second-order valence-electron chi connectivity index (χ2n) is 3.04. The molecule has 0 saturated heterocycles. The average Bonchev–Trinajstić information content (AvgIpc) is 2.74. The van der Waals surface area contributed by atoms with Gasteiger partial charge in [-0.2, -0.15) is 5.10 Å². The summed E-state index contributed by atoms with van der Waals surface area (Å²) in [5.74, 6) is -1.05. The van der Waals surface area contributed by atoms with Gasteiger partial charge in [-0.3, -0.25) is 5.10 Å². The second-order valence-corrected chi connectivity index (χ2v) is 3.48. The lowest BCUT2D eigenvalue weighted by Gasteiger charge is -2.08. The third-order valence-corrected chi connectivity index (χ3v) is 2.50. The summed E-state index contributed by atoms with van der Waals surface area (Å²) < 4.78 is 26.2. The van der Waals surface area contributed by atoms with Gasteiger partial charge in [-0.25, -0.2) is 8.78 Å². The molecule has 0 radical (unpaired) electrons. The van der Waals surface area contributed by atoms with Crippen LogP contribution in [0.2, 0.25) is 0 Å². The third-order valence-electron chi connectivity index (χ3n) is 2.03. The van der Waals surface area contributed by atoms with Gasteiger partial charge in [-0.05, 0) is 24.3 Å². The van der Waals surface area contributed by atoms with Crippen molar-refractivity contribution in [2.24, 2.45) is 0 Å². The normalized spacial score (nSPS) is 12.7. The Labute approximate surface area is 89.9 Å². The summed E-state index contributed by atoms with van der Waals surface area (Å²) in [6, 6.07) is 4.79. The van der Waals surface area contributed by atoms with Gasteiger partial charge in [0.1, 0.15) is 17.0 Å². The van der Waals surface area contributed by atoms with Gasteiger partial charge in [-0.1, -0.05) is 0 Å². The van der Waals surface area contributed by atoms with E-state index in [1.807, 2.05) is 0 Å². The van der Waals surface area contributed by atoms with E-state index in [2.05, 4.69) is 10.2 Å². The molecule has 1 heterocycles. The van der Waals surface area contributed by atoms with Crippen LogP contribution in [0.15, 0.2) is 30.5 Å². The number of aromatic amines is 1. The fourth-order valence-corrected chi connectivity index (χ4v) is 1.57. The van der Waals surface area contributed by atoms with Crippen LogP contribution in [-0.2, 0) is 0 Å². The molecule has 0 spiro atoms. The number of H-pyrrole nitrogens is 1. The molecule has 1 aromatic carbocycles. The Hall–Kier alpha value is -1.42. The number of halogens is 3. The molecule has 1 unspecified atom stereocenters. The van der Waals surface area contributed by atoms with Gasteiger partial charge in [0.2, 0.25) is 0 Å². The molecule has 0 bridgehead atoms. The van der Waals surface area contributed by atoms with Crippen molar-refractivity contribution in [3.05, 3.63) is 53.4 Å². The first kappa shape index (κ1) is 10.1. The Balaban J connectivity index is 2.41. The molecule has 0 aliphatic rings. The van der Waals surface area contributed by atoms with E-state index in [0.717, 1.165) is 18.2 Å². The molecule has 15 heavy (non-hydrogen) atoms. The highest BCUT2D eigenvalue weighted by atomic mass is 35.5. The molecule has 0 aliphatic heterocycles. The lowest BCUT2D eigenvalue weighted by molar-refractivity contribution is 0.586. The number of alkyl halides is 1. The summed E-state index contributed by atoms with van der Waals surface area (Å²) in [7, 11) is 0. The van der Waals surface area contributed by atoms with Gasteiger partial charge in [-0.15, -0.1) is 11.6 Å². The van der Waals surface area contributed by atoms with Crippen molar-refractivity contribution in [1.29, 1.82) is 0 Å². The summed E-state index contributed by atoms with van der Waals surface area (Å²) in [6.45, 7) is 0. The molecule has 0 aliphatic carbocycles. The Morgan fingerprint density at radius 2 is 2.07 bits per heavy atom. The van der Waals surface area contributed by atoms with Crippen molar-refractivity contribution in [2.75, 3.05) is 0 Å². The van der Waals surface area contributed by atoms with Crippen LogP contribution in [0.5, 0.6) is 0 Å². The standard InChI is InChI=1S/C10H7ClF2N2/c11-10(9-3-4-14-15-9)7-5-6(12)1-2-8(7)13/h1-5,10H,(H,14,15). The SMILES string of the molecule is Fc1ccc(F)c(C(Cl)c2ccn[nH]2)c1. The molecule has 1 N–H and O–H groups in total. The lowest BCUT2D eigenvalue weighted by Crippen LogP contribution is -1.98. The number of benzene rings is 1. The Kier molecular flexibility index (Phi) is 2.68. The number of nitrogens with zero attached hydrogens (tertiary/aromatic N) is 1. The number of rotatable bonds is 2. The summed E-state index contributed by atoms with van der Waals surface area (Å²) in [4.78, 5) is 0. The third kappa shape index (κ3) is 1.99. The molecule has 5 heteroatoms. The highest BCUT2D eigenvalue weighted by molar-refractivity contribution is 6.22. The van der Waals surface area contributed by atoms with Gasteiger partial charge in [0, 0.05) is 11.8 Å². The van der Waals surface area contributed by atoms with Crippen LogP contribution in [0.1, 0.15) is 16.6 Å². The van der Waals surface area contributed by atoms with E-state index in [-0.39, 0.29) is 5.56 Å². The minimum absolute atomic E-state index is 0.0981. The number of hydrogen-bond donors (Lipinski definition) is 1. The van der Waals surface area contributed by atoms with Crippen molar-refractivity contribution in [3.8, 4) is 0 Å². The molecule has 0 saturated carbocycles. The quantitative estimate of drug-likeness (QED) is 0.787. The molecular weight excluding hydrogens is 222 g/mol. The first-order chi connectivity index (χ1) is 7.18. The summed E-state index contributed by atoms with van der Waals surface area (Å²) in [5, 5.41) is 5.55. The highest BCUT2D eigenvalue weighted by Crippen LogP contribution is 2.29. The summed E-state index contributed by atoms with van der Waals surface area (Å²) in [6.07, 6.45) is 1.50. The smallest absolute Gasteiger partial charge is 0.128 e. The van der Waals surface area contributed by atoms with Crippen molar-refractivity contribution >= 4 is 11.6 Å². The zero-order valence-corrected chi connectivity index (χ0v) is 8.30. The number of nitrogens with one attached hydrogen (secondary N) is 1. The van der Waals surface area contributed by atoms with E-state index in [1.165, 1.54) is 6.20 Å². The first-order valence-corrected chi connectivity index (χ1v) is 4.70. The van der Waals surface area contributed by atoms with E-state index >= 15 is 0 Å². The first-order valence-electron chi connectivity index (χ1n) is 4.27. The summed E-state index contributed by atoms with van der Waals surface area (Å²) in [5.41, 5.74) is 0.627. The van der Waals surface area contributed by atoms with Gasteiger partial charge >= 0.3 is 0 Å². The van der Waals surface area contributed by atoms with Gasteiger partial charge in [0.15, 0.2) is 0 Å². The van der Waals surface area contributed by atoms with E-state index in [4.69, 9.17) is 11.6 Å². The maximum atomic E-state index is 13.3. The Morgan fingerprint density at radius 1 is 1.27 bits per heavy atom. The van der Waals surface area contributed by atoms with Crippen molar-refractivity contribution in [2.45, 2.75) is 5.38 Å². The highest BCUT2D eigenvalue weighted by Gasteiger charge is 2.16. The fourth-order valence-electron chi connectivity index (χ4n) is 1.28. The molecule has 78 valence electrons. The zero-order valence-electron chi connectivity index (χ0n) is 7.55. The number of hydrogen-bond acceptors (Lipinski definition) is 1. The zero-order chi connectivity index (χ0) is 10.8. The van der Waals surface area contributed by atoms with E-state index in [9.17, 15) is 8.78 Å². The van der Waals surface area contributed by atoms with Crippen LogP contribution in [0, 0.1) is 11.6 Å². The Morgan fingerprint density at radius 3 is 2.73 bits per heavy atom. The average molecular weight is 229 g/mol. The molecule has 2 rings (SSSR count). The van der Waals surface area contributed by atoms with Crippen LogP contribution in [0.4, 0.5) is 8.78 Å². The van der Waals surface area contributed by atoms with Crippen molar-refractivity contribution in [3.63, 3.8) is 0 Å². The maximum Gasteiger partial charge on any atom is 0.128 e. The predicted octanol–water partition coefficient (Wildman–Crippen LogP) is 3.02. The number of aromatic nitrogens is 2. The lowest BCUT2D eigenvalue weighted by atomic mass is 10.1. The van der Waals surface area contributed by atoms with Gasteiger partial charge < -0.3 is 0 Å². The molecule has 0 amide bonds. The largest absolute Gasteiger partial charge is 0.281 e. The van der Waals surface area contributed by atoms with Gasteiger partial charge in [0.05, 0.1) is 5.69 Å². The molecule has 1 aromatic heterocycles. The van der Waals surface area contributed by atoms with E-state index in [1.54, 1.807) is 6.07 Å². The van der Waals surface area contributed by atoms with E-state index in [0.29, 0.717) is 5.69 Å². The fraction of sp³-hybridized carbons (Fsp3) is 0.100. The van der Waals surface area contributed by atoms with E-state index < -0.39 is 17.0 Å². The topological polar surface area (TPSA) is 28.7 Å². The molecule has 1 atom stereocenters. The monoisotopic (exact) mass is 228 g/mol. The molecule has 2 aromatic rings. The van der Waals surface area contributed by atoms with Crippen LogP contribution in [-0.4, -0.2) is 10.2 Å². The molecular formula is C10H7ClF2N2. The molecule has 0 fully saturated rings. The van der Waals surface area contributed by atoms with Crippen LogP contribution < -0.4 is 0 Å². The minimum atomic E-state index is -0.761. The van der Waals surface area contributed by atoms with Crippen LogP contribution in [0.25, 0.3) is 0 Å². The van der Waals surface area contributed by atoms with Crippen LogP contribution in [0.3, 0.4) is 0 Å². The van der Waals surface area contributed by atoms with Crippen molar-refractivity contribution in [1.82, 2.24) is 10.2 Å². The van der Waals surface area contributed by atoms with Gasteiger partial charge in [0.25, 0.3) is 0 Å². The minimum Gasteiger partial charge on any atom is -0.281 e. The Bertz CT molecular complexity index is 456. The second kappa shape index (κ2) is 3.98. The predicted molar refractivity (Wildman–Crippen MR) is 52.6 cm³/mol. The van der Waals surface area contributed by atoms with Crippen LogP contribution >= 0.6 is 11.6 Å². The molecule has 2 nitrogen and oxygen atoms in total. The maximum absolute atomic E-state index is 13.3.